The molecule has 0 spiro atoms. The fourth-order valence-corrected chi connectivity index (χ4v) is 0. The molecule has 0 aromatic heterocycles. The second-order valence-corrected chi connectivity index (χ2v) is 1.06. The Morgan fingerprint density at radius 1 is 2.00 bits per heavy atom. The lowest BCUT2D eigenvalue weighted by atomic mass is 11.3. The molecule has 0 unspecified atom stereocenters. The fraction of sp³-hybridized carbons (Fsp3) is 0.500. The van der Waals surface area contributed by atoms with Gasteiger partial charge in [-0.2, -0.15) is 0 Å². The van der Waals surface area contributed by atoms with E-state index in [-0.39, 0.29) is 0 Å². The van der Waals surface area contributed by atoms with Crippen LogP contribution >= 0.6 is 8.86 Å². The van der Waals surface area contributed by atoms with Gasteiger partial charge in [0, 0.05) is 7.11 Å². The van der Waals surface area contributed by atoms with Gasteiger partial charge in [0.1, 0.15) is 5.60 Å². The van der Waals surface area contributed by atoms with E-state index in [0.29, 0.717) is 5.60 Å². The third kappa shape index (κ3) is 4.09. The molecule has 0 aliphatic heterocycles. The lowest BCUT2D eigenvalue weighted by molar-refractivity contribution is 0.408. The number of hydrogen-bond donors (Lipinski definition) is 1. The zero-order chi connectivity index (χ0) is 4.28. The van der Waals surface area contributed by atoms with Crippen molar-refractivity contribution in [2.24, 2.45) is 5.73 Å². The molecule has 30 valence electrons. The van der Waals surface area contributed by atoms with Crippen LogP contribution in [-0.4, -0.2) is 12.7 Å². The van der Waals surface area contributed by atoms with Crippen molar-refractivity contribution in [3.8, 4) is 0 Å². The highest BCUT2D eigenvalue weighted by Gasteiger charge is 1.66. The van der Waals surface area contributed by atoms with E-state index in [1.165, 1.54) is 7.11 Å². The minimum Gasteiger partial charge on any atom is -0.336 e. The molecule has 0 atom stereocenters. The smallest absolute Gasteiger partial charge is 0.136 e. The summed E-state index contributed by atoms with van der Waals surface area (Å²) in [5, 5.41) is 0. The minimum absolute atomic E-state index is 0.310. The van der Waals surface area contributed by atoms with E-state index in [0.717, 1.165) is 0 Å². The Bertz CT molecular complexity index is 44.9. The molecule has 0 aromatic rings. The Kier molecular flexibility index (Phi) is 2.38. The van der Waals surface area contributed by atoms with E-state index in [2.05, 4.69) is 13.6 Å². The van der Waals surface area contributed by atoms with Gasteiger partial charge in [0.05, 0.1) is 0 Å². The summed E-state index contributed by atoms with van der Waals surface area (Å²) in [5.74, 6) is 0. The second kappa shape index (κ2) is 2.33. The summed E-state index contributed by atoms with van der Waals surface area (Å²) in [6, 6.07) is 0. The monoisotopic (exact) mass is 91.0 g/mol. The van der Waals surface area contributed by atoms with E-state index in [1.54, 1.807) is 0 Å². The molecule has 5 heavy (non-hydrogen) atoms. The van der Waals surface area contributed by atoms with Crippen molar-refractivity contribution in [3.63, 3.8) is 0 Å². The van der Waals surface area contributed by atoms with Gasteiger partial charge in [-0.3, -0.25) is 5.73 Å². The molecule has 0 saturated heterocycles. The van der Waals surface area contributed by atoms with Crippen LogP contribution in [0.3, 0.4) is 0 Å². The second-order valence-electron chi connectivity index (χ2n) is 0.568. The van der Waals surface area contributed by atoms with Crippen molar-refractivity contribution in [2.75, 3.05) is 7.11 Å². The highest BCUT2D eigenvalue weighted by molar-refractivity contribution is 7.20. The first-order valence-corrected chi connectivity index (χ1v) is 1.65. The van der Waals surface area contributed by atoms with Crippen LogP contribution in [0, 0.1) is 0 Å². The first-order valence-electron chi connectivity index (χ1n) is 1.15. The summed E-state index contributed by atoms with van der Waals surface area (Å²) >= 11 is 0. The van der Waals surface area contributed by atoms with Gasteiger partial charge in [-0.25, -0.2) is 0 Å². The zero-order valence-corrected chi connectivity index (χ0v) is 3.99. The van der Waals surface area contributed by atoms with Gasteiger partial charge in [-0.05, 0) is 0 Å². The lowest BCUT2D eigenvalue weighted by Gasteiger charge is -1.83. The highest BCUT2D eigenvalue weighted by Crippen LogP contribution is 1.63. The average Bonchev–Trinajstić information content (AvgIpc) is 1.38. The minimum atomic E-state index is 0.310. The predicted octanol–water partition coefficient (Wildman–Crippen LogP) is -0.178. The summed E-state index contributed by atoms with van der Waals surface area (Å²) in [4.78, 5) is 0. The van der Waals surface area contributed by atoms with Gasteiger partial charge in [0.25, 0.3) is 0 Å². The molecule has 0 radical (unpaired) electrons. The van der Waals surface area contributed by atoms with Crippen LogP contribution in [0.2, 0.25) is 0 Å². The van der Waals surface area contributed by atoms with Crippen molar-refractivity contribution >= 4 is 14.5 Å². The molecule has 0 fully saturated rings. The van der Waals surface area contributed by atoms with Gasteiger partial charge in [0.15, 0.2) is 0 Å². The van der Waals surface area contributed by atoms with Crippen molar-refractivity contribution in [1.29, 1.82) is 0 Å². The Labute approximate surface area is 33.1 Å². The topological polar surface area (TPSA) is 35.2 Å². The largest absolute Gasteiger partial charge is 0.336 e. The maximum absolute atomic E-state index is 4.90. The molecule has 0 rings (SSSR count). The molecule has 0 amide bonds. The third-order valence-electron chi connectivity index (χ3n) is 0.220. The first-order chi connectivity index (χ1) is 2.27. The quantitative estimate of drug-likeness (QED) is 0.454. The standard InChI is InChI=1S/C2H6NOP/c1-4-2(3)5/h5H,3H2,1H3. The Morgan fingerprint density at radius 3 is 2.20 bits per heavy atom. The normalized spacial score (nSPS) is 7.60. The SMILES string of the molecule is COC(N)=P. The van der Waals surface area contributed by atoms with E-state index in [1.807, 2.05) is 0 Å². The van der Waals surface area contributed by atoms with Gasteiger partial charge in [-0.1, -0.05) is 8.86 Å². The van der Waals surface area contributed by atoms with Crippen LogP contribution in [0.4, 0.5) is 0 Å². The summed E-state index contributed by atoms with van der Waals surface area (Å²) in [6.45, 7) is 0. The summed E-state index contributed by atoms with van der Waals surface area (Å²) < 4.78 is 4.36. The zero-order valence-electron chi connectivity index (χ0n) is 2.99. The molecule has 2 N–H and O–H groups in total. The van der Waals surface area contributed by atoms with E-state index in [9.17, 15) is 0 Å². The number of nitrogens with two attached hydrogens (primary N) is 1. The van der Waals surface area contributed by atoms with Crippen LogP contribution in [0.25, 0.3) is 0 Å². The van der Waals surface area contributed by atoms with Crippen LogP contribution in [0.5, 0.6) is 0 Å². The van der Waals surface area contributed by atoms with Crippen molar-refractivity contribution in [1.82, 2.24) is 0 Å². The molecule has 0 aromatic carbocycles. The van der Waals surface area contributed by atoms with Crippen LogP contribution in [0.1, 0.15) is 0 Å². The molecular weight excluding hydrogens is 85.0 g/mol. The lowest BCUT2D eigenvalue weighted by Crippen LogP contribution is -2.07. The van der Waals surface area contributed by atoms with E-state index >= 15 is 0 Å². The maximum atomic E-state index is 4.90. The van der Waals surface area contributed by atoms with E-state index < -0.39 is 0 Å². The number of methoxy groups -OCH3 is 1. The van der Waals surface area contributed by atoms with Crippen molar-refractivity contribution in [2.45, 2.75) is 0 Å². The average molecular weight is 91.0 g/mol. The summed E-state index contributed by atoms with van der Waals surface area (Å²) in [5.41, 5.74) is 5.21. The summed E-state index contributed by atoms with van der Waals surface area (Å²) in [6.07, 6.45) is 0. The number of rotatable bonds is 1. The van der Waals surface area contributed by atoms with Gasteiger partial charge in [0.2, 0.25) is 0 Å². The summed E-state index contributed by atoms with van der Waals surface area (Å²) in [7, 11) is 4.38. The van der Waals surface area contributed by atoms with Crippen molar-refractivity contribution in [3.05, 3.63) is 0 Å². The molecule has 3 heteroatoms. The van der Waals surface area contributed by atoms with Crippen LogP contribution in [0.15, 0.2) is 0 Å². The molecule has 0 aliphatic rings. The first kappa shape index (κ1) is 5.09. The number of ether oxygens (including phenoxy) is 1. The van der Waals surface area contributed by atoms with E-state index in [4.69, 9.17) is 5.73 Å². The highest BCUT2D eigenvalue weighted by atomic mass is 31.0. The molecular formula is C2H6NOP. The molecule has 0 bridgehead atoms. The van der Waals surface area contributed by atoms with Crippen LogP contribution < -0.4 is 5.73 Å². The molecule has 0 saturated carbocycles. The van der Waals surface area contributed by atoms with Gasteiger partial charge >= 0.3 is 0 Å². The predicted molar refractivity (Wildman–Crippen MR) is 24.5 cm³/mol. The number of hydrogen-bond acceptors (Lipinski definition) is 1. The Hall–Kier alpha value is 0.0900. The maximum Gasteiger partial charge on any atom is 0.136 e. The van der Waals surface area contributed by atoms with Gasteiger partial charge < -0.3 is 4.74 Å². The Balaban J connectivity index is 2.85. The Morgan fingerprint density at radius 2 is 2.20 bits per heavy atom. The molecule has 0 heterocycles. The fourth-order valence-electron chi connectivity index (χ4n) is 0. The van der Waals surface area contributed by atoms with Crippen LogP contribution in [-0.2, 0) is 4.74 Å². The third-order valence-corrected chi connectivity index (χ3v) is 0.424. The molecule has 0 aliphatic carbocycles. The van der Waals surface area contributed by atoms with Gasteiger partial charge in [-0.15, -0.1) is 0 Å². The van der Waals surface area contributed by atoms with Crippen molar-refractivity contribution < 1.29 is 4.74 Å². The molecule has 2 nitrogen and oxygen atoms in total.